The SMILES string of the molecule is Cc1ccc(Cl)cc1N(CC(=O)N(Cc1c(Cl)cccc1Cl)[C@@H](C)C(=O)NC(C)(C)C)S(C)(=O)=O. The Morgan fingerprint density at radius 1 is 1.06 bits per heavy atom. The first kappa shape index (κ1) is 29.2. The summed E-state index contributed by atoms with van der Waals surface area (Å²) in [5.74, 6) is -1.01. The lowest BCUT2D eigenvalue weighted by atomic mass is 10.1. The van der Waals surface area contributed by atoms with Crippen molar-refractivity contribution < 1.29 is 18.0 Å². The molecule has 1 N–H and O–H groups in total. The Kier molecular flexibility index (Phi) is 9.50. The Morgan fingerprint density at radius 2 is 1.63 bits per heavy atom. The fourth-order valence-corrected chi connectivity index (χ4v) is 4.94. The van der Waals surface area contributed by atoms with Gasteiger partial charge in [-0.15, -0.1) is 0 Å². The molecule has 0 aliphatic rings. The summed E-state index contributed by atoms with van der Waals surface area (Å²) in [4.78, 5) is 27.9. The number of hydrogen-bond donors (Lipinski definition) is 1. The molecule has 1 atom stereocenters. The van der Waals surface area contributed by atoms with Crippen LogP contribution in [0.2, 0.25) is 15.1 Å². The molecule has 0 spiro atoms. The van der Waals surface area contributed by atoms with E-state index in [1.54, 1.807) is 44.2 Å². The van der Waals surface area contributed by atoms with Crippen molar-refractivity contribution in [1.29, 1.82) is 0 Å². The van der Waals surface area contributed by atoms with E-state index in [0.29, 0.717) is 26.2 Å². The fourth-order valence-electron chi connectivity index (χ4n) is 3.36. The van der Waals surface area contributed by atoms with Gasteiger partial charge in [0.25, 0.3) is 0 Å². The van der Waals surface area contributed by atoms with Gasteiger partial charge >= 0.3 is 0 Å². The molecule has 0 saturated carbocycles. The number of amides is 2. The molecule has 2 rings (SSSR count). The quantitative estimate of drug-likeness (QED) is 0.488. The highest BCUT2D eigenvalue weighted by Crippen LogP contribution is 2.29. The number of carbonyl (C=O) groups excluding carboxylic acids is 2. The molecular formula is C24H30Cl3N3O4S. The molecule has 0 fully saturated rings. The maximum absolute atomic E-state index is 13.6. The highest BCUT2D eigenvalue weighted by atomic mass is 35.5. The monoisotopic (exact) mass is 561 g/mol. The van der Waals surface area contributed by atoms with Crippen LogP contribution in [-0.4, -0.2) is 49.5 Å². The number of benzene rings is 2. The molecule has 0 saturated heterocycles. The number of nitrogens with one attached hydrogen (secondary N) is 1. The number of aryl methyl sites for hydroxylation is 1. The lowest BCUT2D eigenvalue weighted by Gasteiger charge is -2.33. The van der Waals surface area contributed by atoms with Crippen molar-refractivity contribution in [3.63, 3.8) is 0 Å². The van der Waals surface area contributed by atoms with Crippen molar-refractivity contribution in [1.82, 2.24) is 10.2 Å². The maximum atomic E-state index is 13.6. The van der Waals surface area contributed by atoms with Crippen LogP contribution in [0.3, 0.4) is 0 Å². The molecule has 0 aromatic heterocycles. The second-order valence-corrected chi connectivity index (χ2v) is 12.5. The van der Waals surface area contributed by atoms with E-state index >= 15 is 0 Å². The summed E-state index contributed by atoms with van der Waals surface area (Å²) in [6.45, 7) is 8.11. The number of rotatable bonds is 8. The van der Waals surface area contributed by atoms with Crippen molar-refractivity contribution >= 4 is 62.3 Å². The van der Waals surface area contributed by atoms with Crippen molar-refractivity contribution in [2.24, 2.45) is 0 Å². The molecule has 0 aliphatic heterocycles. The number of anilines is 1. The largest absolute Gasteiger partial charge is 0.350 e. The van der Waals surface area contributed by atoms with E-state index in [2.05, 4.69) is 5.32 Å². The average Bonchev–Trinajstić information content (AvgIpc) is 2.71. The summed E-state index contributed by atoms with van der Waals surface area (Å²) in [6.07, 6.45) is 1.01. The molecule has 35 heavy (non-hydrogen) atoms. The van der Waals surface area contributed by atoms with Gasteiger partial charge in [0.15, 0.2) is 0 Å². The molecule has 2 amide bonds. The third-order valence-electron chi connectivity index (χ3n) is 5.17. The van der Waals surface area contributed by atoms with Gasteiger partial charge in [-0.3, -0.25) is 13.9 Å². The van der Waals surface area contributed by atoms with Gasteiger partial charge in [-0.2, -0.15) is 0 Å². The van der Waals surface area contributed by atoms with Gasteiger partial charge in [0, 0.05) is 32.7 Å². The van der Waals surface area contributed by atoms with Crippen LogP contribution in [0.5, 0.6) is 0 Å². The van der Waals surface area contributed by atoms with Crippen molar-refractivity contribution in [2.45, 2.75) is 52.7 Å². The average molecular weight is 563 g/mol. The van der Waals surface area contributed by atoms with Crippen molar-refractivity contribution in [3.05, 3.63) is 62.6 Å². The minimum Gasteiger partial charge on any atom is -0.350 e. The zero-order chi connectivity index (χ0) is 26.7. The van der Waals surface area contributed by atoms with E-state index in [1.807, 2.05) is 20.8 Å². The van der Waals surface area contributed by atoms with Crippen LogP contribution in [0.4, 0.5) is 5.69 Å². The zero-order valence-corrected chi connectivity index (χ0v) is 23.6. The molecule has 0 heterocycles. The first-order valence-corrected chi connectivity index (χ1v) is 13.8. The predicted octanol–water partition coefficient (Wildman–Crippen LogP) is 5.05. The summed E-state index contributed by atoms with van der Waals surface area (Å²) in [5, 5.41) is 3.82. The minimum atomic E-state index is -3.88. The standard InChI is InChI=1S/C24H30Cl3N3O4S/c1-15-10-11-17(25)12-21(15)30(35(6,33)34)14-22(31)29(16(2)23(32)28-24(3,4)5)13-18-19(26)8-7-9-20(18)27/h7-12,16H,13-14H2,1-6H3,(H,28,32)/t16-/m0/s1. The van der Waals surface area contributed by atoms with Crippen molar-refractivity contribution in [2.75, 3.05) is 17.1 Å². The third-order valence-corrected chi connectivity index (χ3v) is 7.24. The van der Waals surface area contributed by atoms with Gasteiger partial charge in [-0.25, -0.2) is 8.42 Å². The van der Waals surface area contributed by atoms with Crippen LogP contribution in [0.25, 0.3) is 0 Å². The molecular weight excluding hydrogens is 533 g/mol. The second-order valence-electron chi connectivity index (χ2n) is 9.34. The molecule has 0 radical (unpaired) electrons. The van der Waals surface area contributed by atoms with E-state index in [4.69, 9.17) is 34.8 Å². The van der Waals surface area contributed by atoms with Crippen LogP contribution in [0.15, 0.2) is 36.4 Å². The van der Waals surface area contributed by atoms with Gasteiger partial charge in [-0.1, -0.05) is 46.9 Å². The number of nitrogens with zero attached hydrogens (tertiary/aromatic N) is 2. The second kappa shape index (κ2) is 11.4. The number of sulfonamides is 1. The highest BCUT2D eigenvalue weighted by molar-refractivity contribution is 7.92. The molecule has 11 heteroatoms. The van der Waals surface area contributed by atoms with Gasteiger partial charge in [0.05, 0.1) is 11.9 Å². The van der Waals surface area contributed by atoms with Crippen LogP contribution in [0.1, 0.15) is 38.8 Å². The summed E-state index contributed by atoms with van der Waals surface area (Å²) < 4.78 is 26.4. The normalized spacial score (nSPS) is 12.7. The Morgan fingerprint density at radius 3 is 2.14 bits per heavy atom. The first-order chi connectivity index (χ1) is 16.0. The smallest absolute Gasteiger partial charge is 0.244 e. The lowest BCUT2D eigenvalue weighted by Crippen LogP contribution is -2.54. The predicted molar refractivity (Wildman–Crippen MR) is 143 cm³/mol. The summed E-state index contributed by atoms with van der Waals surface area (Å²) >= 11 is 18.8. The third kappa shape index (κ3) is 8.00. The van der Waals surface area contributed by atoms with Gasteiger partial charge in [0.1, 0.15) is 12.6 Å². The molecule has 7 nitrogen and oxygen atoms in total. The Balaban J connectivity index is 2.51. The van der Waals surface area contributed by atoms with Crippen LogP contribution in [0, 0.1) is 6.92 Å². The van der Waals surface area contributed by atoms with Crippen LogP contribution >= 0.6 is 34.8 Å². The number of carbonyl (C=O) groups is 2. The highest BCUT2D eigenvalue weighted by Gasteiger charge is 2.32. The molecule has 0 aliphatic carbocycles. The fraction of sp³-hybridized carbons (Fsp3) is 0.417. The molecule has 192 valence electrons. The number of halogens is 3. The number of hydrogen-bond acceptors (Lipinski definition) is 4. The van der Waals surface area contributed by atoms with Crippen LogP contribution in [-0.2, 0) is 26.2 Å². The lowest BCUT2D eigenvalue weighted by molar-refractivity contribution is -0.140. The van der Waals surface area contributed by atoms with Gasteiger partial charge in [-0.05, 0) is 64.4 Å². The topological polar surface area (TPSA) is 86.8 Å². The van der Waals surface area contributed by atoms with E-state index in [0.717, 1.165) is 10.6 Å². The molecule has 0 bridgehead atoms. The van der Waals surface area contributed by atoms with Crippen LogP contribution < -0.4 is 9.62 Å². The van der Waals surface area contributed by atoms with Gasteiger partial charge in [0.2, 0.25) is 21.8 Å². The molecule has 2 aromatic carbocycles. The maximum Gasteiger partial charge on any atom is 0.244 e. The van der Waals surface area contributed by atoms with E-state index in [9.17, 15) is 18.0 Å². The van der Waals surface area contributed by atoms with E-state index in [-0.39, 0.29) is 12.2 Å². The molecule has 2 aromatic rings. The Hall–Kier alpha value is -2.00. The first-order valence-electron chi connectivity index (χ1n) is 10.8. The van der Waals surface area contributed by atoms with E-state index in [1.165, 1.54) is 11.0 Å². The minimum absolute atomic E-state index is 0.0950. The summed E-state index contributed by atoms with van der Waals surface area (Å²) in [6, 6.07) is 8.76. The summed E-state index contributed by atoms with van der Waals surface area (Å²) in [5.41, 5.74) is 0.797. The van der Waals surface area contributed by atoms with Gasteiger partial charge < -0.3 is 10.2 Å². The van der Waals surface area contributed by atoms with Crippen molar-refractivity contribution in [3.8, 4) is 0 Å². The summed E-state index contributed by atoms with van der Waals surface area (Å²) in [7, 11) is -3.88. The Bertz CT molecular complexity index is 1190. The molecule has 0 unspecified atom stereocenters. The Labute approximate surface area is 222 Å². The van der Waals surface area contributed by atoms with E-state index < -0.39 is 40.0 Å². The zero-order valence-electron chi connectivity index (χ0n) is 20.5.